The Hall–Kier alpha value is 0.180. The number of thioether (sulfide) groups is 2. The van der Waals surface area contributed by atoms with E-state index in [-0.39, 0.29) is 0 Å². The smallest absolute Gasteiger partial charge is 0.0455 e. The van der Waals surface area contributed by atoms with Crippen LogP contribution in [0.4, 0.5) is 0 Å². The summed E-state index contributed by atoms with van der Waals surface area (Å²) in [4.78, 5) is 1.80. The van der Waals surface area contributed by atoms with Gasteiger partial charge in [0.2, 0.25) is 0 Å². The summed E-state index contributed by atoms with van der Waals surface area (Å²) in [5.41, 5.74) is 1.22. The maximum Gasteiger partial charge on any atom is 0.0455 e. The Morgan fingerprint density at radius 3 is 1.65 bits per heavy atom. The Bertz CT molecular complexity index is 628. The molecule has 0 aromatic carbocycles. The van der Waals surface area contributed by atoms with Crippen LogP contribution in [0.15, 0.2) is 20.6 Å². The molecule has 0 amide bonds. The molecule has 0 atom stereocenters. The van der Waals surface area contributed by atoms with Crippen LogP contribution < -0.4 is 0 Å². The Morgan fingerprint density at radius 1 is 0.692 bits per heavy atom. The molecule has 0 N–H and O–H groups in total. The first kappa shape index (κ1) is 16.0. The highest BCUT2D eigenvalue weighted by Gasteiger charge is 2.54. The van der Waals surface area contributed by atoms with Gasteiger partial charge in [0.1, 0.15) is 0 Å². The van der Waals surface area contributed by atoms with Gasteiger partial charge < -0.3 is 0 Å². The summed E-state index contributed by atoms with van der Waals surface area (Å²) in [5, 5.41) is 2.62. The van der Waals surface area contributed by atoms with Crippen molar-refractivity contribution in [2.75, 3.05) is 0 Å². The zero-order chi connectivity index (χ0) is 16.9. The topological polar surface area (TPSA) is 0 Å². The zero-order valence-electron chi connectivity index (χ0n) is 15.9. The number of rotatable bonds is 2. The molecule has 0 spiro atoms. The molecule has 0 aromatic heterocycles. The highest BCUT2D eigenvalue weighted by Crippen LogP contribution is 2.68. The molecule has 26 heavy (non-hydrogen) atoms. The molecule has 8 fully saturated rings. The predicted octanol–water partition coefficient (Wildman–Crippen LogP) is 7.58. The third-order valence-corrected chi connectivity index (χ3v) is 12.0. The van der Waals surface area contributed by atoms with Crippen molar-refractivity contribution < 1.29 is 0 Å². The van der Waals surface area contributed by atoms with E-state index in [1.54, 1.807) is 47.7 Å². The molecule has 8 saturated carbocycles. The summed E-state index contributed by atoms with van der Waals surface area (Å²) in [7, 11) is 0. The zero-order valence-corrected chi connectivity index (χ0v) is 17.6. The van der Waals surface area contributed by atoms with Gasteiger partial charge in [-0.15, -0.1) is 0 Å². The van der Waals surface area contributed by atoms with Gasteiger partial charge in [-0.05, 0) is 123 Å². The van der Waals surface area contributed by atoms with Gasteiger partial charge in [0.15, 0.2) is 0 Å². The van der Waals surface area contributed by atoms with E-state index in [2.05, 4.69) is 35.0 Å². The van der Waals surface area contributed by atoms with Gasteiger partial charge in [-0.1, -0.05) is 29.6 Å². The summed E-state index contributed by atoms with van der Waals surface area (Å²) in [6.45, 7) is 0. The molecule has 8 bridgehead atoms. The van der Waals surface area contributed by atoms with Gasteiger partial charge in [0.25, 0.3) is 0 Å². The molecule has 140 valence electrons. The Kier molecular flexibility index (Phi) is 3.33. The number of hydrogen-bond donors (Lipinski definition) is 0. The van der Waals surface area contributed by atoms with Gasteiger partial charge in [-0.3, -0.25) is 0 Å². The van der Waals surface area contributed by atoms with E-state index in [9.17, 15) is 0 Å². The van der Waals surface area contributed by atoms with Crippen molar-refractivity contribution >= 4 is 23.5 Å². The van der Waals surface area contributed by atoms with Crippen LogP contribution in [0.2, 0.25) is 0 Å². The summed E-state index contributed by atoms with van der Waals surface area (Å²) in [5.74, 6) is 6.44. The minimum atomic E-state index is 0.606. The van der Waals surface area contributed by atoms with Gasteiger partial charge in [-0.2, -0.15) is 0 Å². The molecule has 8 aliphatic carbocycles. The molecule has 0 saturated heterocycles. The quantitative estimate of drug-likeness (QED) is 0.481. The minimum Gasteiger partial charge on any atom is -0.0902 e. The molecule has 1 aliphatic heterocycles. The van der Waals surface area contributed by atoms with E-state index in [0.29, 0.717) is 10.8 Å². The van der Waals surface area contributed by atoms with Crippen molar-refractivity contribution in [3.8, 4) is 0 Å². The summed E-state index contributed by atoms with van der Waals surface area (Å²) >= 11 is 4.34. The van der Waals surface area contributed by atoms with Crippen LogP contribution in [0.3, 0.4) is 0 Å². The number of allylic oxidation sites excluding steroid dienone is 2. The lowest BCUT2D eigenvalue weighted by molar-refractivity contribution is -0.0257. The normalized spacial score (nSPS) is 58.0. The SMILES string of the molecule is C(=C1SC=C(C23CC4CC(CC(C4)C2)C3)S1)C12CC3CC(CC(C3)C1)C2. The largest absolute Gasteiger partial charge is 0.0902 e. The van der Waals surface area contributed by atoms with E-state index in [0.717, 1.165) is 35.5 Å². The van der Waals surface area contributed by atoms with Crippen molar-refractivity contribution in [2.45, 2.75) is 77.0 Å². The molecule has 9 aliphatic rings. The average Bonchev–Trinajstić information content (AvgIpc) is 3.01. The molecular formula is C24H32S2. The van der Waals surface area contributed by atoms with Crippen molar-refractivity contribution in [2.24, 2.45) is 46.3 Å². The highest BCUT2D eigenvalue weighted by atomic mass is 32.2. The fourth-order valence-electron chi connectivity index (χ4n) is 9.58. The maximum atomic E-state index is 2.82. The fourth-order valence-corrected chi connectivity index (χ4v) is 12.3. The molecule has 0 radical (unpaired) electrons. The average molecular weight is 385 g/mol. The third kappa shape index (κ3) is 2.36. The van der Waals surface area contributed by atoms with Gasteiger partial charge in [-0.25, -0.2) is 0 Å². The Labute approximate surface area is 167 Å². The van der Waals surface area contributed by atoms with Crippen molar-refractivity contribution in [1.82, 2.24) is 0 Å². The van der Waals surface area contributed by atoms with Crippen molar-refractivity contribution in [3.05, 3.63) is 20.6 Å². The summed E-state index contributed by atoms with van der Waals surface area (Å²) < 4.78 is 1.68. The molecule has 1 heterocycles. The second kappa shape index (κ2) is 5.41. The first-order valence-electron chi connectivity index (χ1n) is 11.4. The monoisotopic (exact) mass is 384 g/mol. The van der Waals surface area contributed by atoms with E-state index in [4.69, 9.17) is 0 Å². The van der Waals surface area contributed by atoms with Crippen LogP contribution in [0.1, 0.15) is 77.0 Å². The van der Waals surface area contributed by atoms with Crippen molar-refractivity contribution in [3.63, 3.8) is 0 Å². The third-order valence-electron chi connectivity index (χ3n) is 9.56. The maximum absolute atomic E-state index is 2.82. The van der Waals surface area contributed by atoms with Gasteiger partial charge >= 0.3 is 0 Å². The lowest BCUT2D eigenvalue weighted by Crippen LogP contribution is -2.46. The van der Waals surface area contributed by atoms with Crippen LogP contribution in [0, 0.1) is 46.3 Å². The molecular weight excluding hydrogens is 352 g/mol. The van der Waals surface area contributed by atoms with E-state index in [1.165, 1.54) is 38.5 Å². The number of hydrogen-bond acceptors (Lipinski definition) is 2. The van der Waals surface area contributed by atoms with Crippen LogP contribution >= 0.6 is 23.5 Å². The van der Waals surface area contributed by atoms with E-state index in [1.807, 2.05) is 0 Å². The van der Waals surface area contributed by atoms with Gasteiger partial charge in [0, 0.05) is 14.6 Å². The van der Waals surface area contributed by atoms with E-state index >= 15 is 0 Å². The lowest BCUT2D eigenvalue weighted by Gasteiger charge is -2.57. The van der Waals surface area contributed by atoms with Crippen molar-refractivity contribution in [1.29, 1.82) is 0 Å². The van der Waals surface area contributed by atoms with Crippen LogP contribution in [0.5, 0.6) is 0 Å². The molecule has 2 heteroatoms. The van der Waals surface area contributed by atoms with Crippen LogP contribution in [-0.4, -0.2) is 0 Å². The first-order valence-corrected chi connectivity index (χ1v) is 13.1. The standard InChI is InChI=1S/C24H32S2/c1-15-2-17-3-16(1)8-23(7-15,9-17)13-22-25-14-21(26-22)24-10-18-4-19(11-24)6-20(5-18)12-24/h13-20H,1-12H2. The van der Waals surface area contributed by atoms with Crippen LogP contribution in [-0.2, 0) is 0 Å². The van der Waals surface area contributed by atoms with Gasteiger partial charge in [0.05, 0.1) is 0 Å². The molecule has 0 unspecified atom stereocenters. The molecule has 9 rings (SSSR count). The second-order valence-electron chi connectivity index (χ2n) is 11.6. The lowest BCUT2D eigenvalue weighted by atomic mass is 9.49. The Balaban J connectivity index is 1.14. The van der Waals surface area contributed by atoms with E-state index < -0.39 is 0 Å². The summed E-state index contributed by atoms with van der Waals surface area (Å²) in [6, 6.07) is 0. The molecule has 0 nitrogen and oxygen atoms in total. The minimum absolute atomic E-state index is 0.606. The fraction of sp³-hybridized carbons (Fsp3) is 0.833. The second-order valence-corrected chi connectivity index (χ2v) is 13.9. The predicted molar refractivity (Wildman–Crippen MR) is 113 cm³/mol. The first-order chi connectivity index (χ1) is 12.7. The highest BCUT2D eigenvalue weighted by molar-refractivity contribution is 8.28. The summed E-state index contributed by atoms with van der Waals surface area (Å²) in [6.07, 6.45) is 21.4. The van der Waals surface area contributed by atoms with Crippen LogP contribution in [0.25, 0.3) is 0 Å². The molecule has 0 aromatic rings. The Morgan fingerprint density at radius 2 is 1.15 bits per heavy atom.